The minimum absolute atomic E-state index is 0.0226. The molecular weight excluding hydrogens is 336 g/mol. The number of rotatable bonds is 5. The van der Waals surface area contributed by atoms with Gasteiger partial charge < -0.3 is 14.2 Å². The molecule has 21 heavy (non-hydrogen) atoms. The molecular formula is C16H21BrO4. The first-order valence-corrected chi connectivity index (χ1v) is 7.76. The van der Waals surface area contributed by atoms with Gasteiger partial charge in [0.15, 0.2) is 12.1 Å². The number of ether oxygens (including phenoxy) is 3. The molecule has 1 heterocycles. The number of methoxy groups -OCH3 is 1. The SMILES string of the molecule is COC(CC1OCC(C)(C)CO1)C(=O)c1ccc(Br)cc1. The summed E-state index contributed by atoms with van der Waals surface area (Å²) < 4.78 is 17.6. The van der Waals surface area contributed by atoms with Gasteiger partial charge in [0.1, 0.15) is 6.10 Å². The molecule has 1 fully saturated rings. The summed E-state index contributed by atoms with van der Waals surface area (Å²) in [6.07, 6.45) is -0.540. The predicted octanol–water partition coefficient (Wildman–Crippen LogP) is 3.44. The van der Waals surface area contributed by atoms with Crippen molar-refractivity contribution in [2.75, 3.05) is 20.3 Å². The topological polar surface area (TPSA) is 44.8 Å². The maximum absolute atomic E-state index is 12.4. The van der Waals surface area contributed by atoms with Gasteiger partial charge in [0.2, 0.25) is 0 Å². The van der Waals surface area contributed by atoms with Crippen molar-refractivity contribution in [1.29, 1.82) is 0 Å². The van der Waals surface area contributed by atoms with E-state index in [1.54, 1.807) is 12.1 Å². The Bertz CT molecular complexity index is 474. The standard InChI is InChI=1S/C16H21BrO4/c1-16(2)9-20-14(21-10-16)8-13(19-3)15(18)11-4-6-12(17)7-5-11/h4-7,13-14H,8-10H2,1-3H3. The molecule has 4 nitrogen and oxygen atoms in total. The van der Waals surface area contributed by atoms with Crippen LogP contribution >= 0.6 is 15.9 Å². The number of hydrogen-bond acceptors (Lipinski definition) is 4. The van der Waals surface area contributed by atoms with Crippen LogP contribution in [0.5, 0.6) is 0 Å². The summed E-state index contributed by atoms with van der Waals surface area (Å²) in [5.74, 6) is -0.0537. The fourth-order valence-electron chi connectivity index (χ4n) is 2.15. The van der Waals surface area contributed by atoms with Gasteiger partial charge in [-0.15, -0.1) is 0 Å². The number of benzene rings is 1. The van der Waals surface area contributed by atoms with E-state index in [0.717, 1.165) is 4.47 Å². The molecule has 1 aliphatic heterocycles. The minimum atomic E-state index is -0.558. The predicted molar refractivity (Wildman–Crippen MR) is 83.4 cm³/mol. The van der Waals surface area contributed by atoms with Gasteiger partial charge in [-0.3, -0.25) is 4.79 Å². The molecule has 1 unspecified atom stereocenters. The van der Waals surface area contributed by atoms with Gasteiger partial charge in [-0.1, -0.05) is 41.9 Å². The van der Waals surface area contributed by atoms with Crippen molar-refractivity contribution < 1.29 is 19.0 Å². The highest BCUT2D eigenvalue weighted by atomic mass is 79.9. The first-order valence-electron chi connectivity index (χ1n) is 6.97. The number of halogens is 1. The average molecular weight is 357 g/mol. The second-order valence-electron chi connectivity index (χ2n) is 6.05. The average Bonchev–Trinajstić information content (AvgIpc) is 2.46. The van der Waals surface area contributed by atoms with E-state index in [9.17, 15) is 4.79 Å². The van der Waals surface area contributed by atoms with E-state index < -0.39 is 6.10 Å². The minimum Gasteiger partial charge on any atom is -0.373 e. The van der Waals surface area contributed by atoms with Crippen LogP contribution in [0, 0.1) is 5.41 Å². The molecule has 1 aromatic rings. The molecule has 1 aromatic carbocycles. The summed E-state index contributed by atoms with van der Waals surface area (Å²) in [5, 5.41) is 0. The lowest BCUT2D eigenvalue weighted by atomic mass is 9.95. The third-order valence-corrected chi connectivity index (χ3v) is 3.96. The van der Waals surface area contributed by atoms with Crippen LogP contribution in [0.15, 0.2) is 28.7 Å². The van der Waals surface area contributed by atoms with E-state index in [1.165, 1.54) is 7.11 Å². The summed E-state index contributed by atoms with van der Waals surface area (Å²) in [6, 6.07) is 7.25. The zero-order chi connectivity index (χ0) is 15.5. The van der Waals surface area contributed by atoms with Gasteiger partial charge in [0, 0.05) is 29.0 Å². The van der Waals surface area contributed by atoms with Crippen molar-refractivity contribution in [3.63, 3.8) is 0 Å². The molecule has 0 saturated carbocycles. The van der Waals surface area contributed by atoms with E-state index in [2.05, 4.69) is 29.8 Å². The summed E-state index contributed by atoms with van der Waals surface area (Å²) in [7, 11) is 1.54. The van der Waals surface area contributed by atoms with Crippen LogP contribution in [-0.4, -0.2) is 38.5 Å². The number of ketones is 1. The van der Waals surface area contributed by atoms with Gasteiger partial charge in [0.05, 0.1) is 13.2 Å². The highest BCUT2D eigenvalue weighted by Gasteiger charge is 2.32. The Morgan fingerprint density at radius 3 is 2.43 bits per heavy atom. The Hall–Kier alpha value is -0.750. The van der Waals surface area contributed by atoms with Gasteiger partial charge >= 0.3 is 0 Å². The molecule has 1 atom stereocenters. The van der Waals surface area contributed by atoms with Crippen LogP contribution < -0.4 is 0 Å². The third-order valence-electron chi connectivity index (χ3n) is 3.43. The van der Waals surface area contributed by atoms with E-state index in [-0.39, 0.29) is 17.5 Å². The second kappa shape index (κ2) is 7.01. The van der Waals surface area contributed by atoms with E-state index in [4.69, 9.17) is 14.2 Å². The summed E-state index contributed by atoms with van der Waals surface area (Å²) >= 11 is 3.36. The lowest BCUT2D eigenvalue weighted by Crippen LogP contribution is -2.40. The molecule has 0 spiro atoms. The molecule has 0 aliphatic carbocycles. The molecule has 116 valence electrons. The Morgan fingerprint density at radius 2 is 1.90 bits per heavy atom. The van der Waals surface area contributed by atoms with Gasteiger partial charge in [0.25, 0.3) is 0 Å². The molecule has 0 N–H and O–H groups in total. The number of carbonyl (C=O) groups excluding carboxylic acids is 1. The van der Waals surface area contributed by atoms with Crippen LogP contribution in [0.1, 0.15) is 30.6 Å². The lowest BCUT2D eigenvalue weighted by Gasteiger charge is -2.35. The maximum atomic E-state index is 12.4. The van der Waals surface area contributed by atoms with Crippen molar-refractivity contribution in [2.45, 2.75) is 32.7 Å². The van der Waals surface area contributed by atoms with E-state index in [1.807, 2.05) is 12.1 Å². The number of carbonyl (C=O) groups is 1. The lowest BCUT2D eigenvalue weighted by molar-refractivity contribution is -0.229. The van der Waals surface area contributed by atoms with Crippen molar-refractivity contribution in [3.05, 3.63) is 34.3 Å². The highest BCUT2D eigenvalue weighted by Crippen LogP contribution is 2.25. The Kier molecular flexibility index (Phi) is 5.54. The zero-order valence-corrected chi connectivity index (χ0v) is 14.2. The highest BCUT2D eigenvalue weighted by molar-refractivity contribution is 9.10. The normalized spacial score (nSPS) is 20.2. The first-order chi connectivity index (χ1) is 9.91. The van der Waals surface area contributed by atoms with Gasteiger partial charge in [-0.2, -0.15) is 0 Å². The molecule has 0 radical (unpaired) electrons. The molecule has 0 aromatic heterocycles. The van der Waals surface area contributed by atoms with Crippen LogP contribution in [0.2, 0.25) is 0 Å². The largest absolute Gasteiger partial charge is 0.373 e. The monoisotopic (exact) mass is 356 g/mol. The maximum Gasteiger partial charge on any atom is 0.191 e. The molecule has 1 aliphatic rings. The van der Waals surface area contributed by atoms with Crippen molar-refractivity contribution in [3.8, 4) is 0 Å². The van der Waals surface area contributed by atoms with Gasteiger partial charge in [-0.05, 0) is 12.1 Å². The molecule has 0 amide bonds. The van der Waals surface area contributed by atoms with E-state index >= 15 is 0 Å². The van der Waals surface area contributed by atoms with Crippen molar-refractivity contribution in [1.82, 2.24) is 0 Å². The van der Waals surface area contributed by atoms with Crippen LogP contribution in [0.3, 0.4) is 0 Å². The Morgan fingerprint density at radius 1 is 1.33 bits per heavy atom. The second-order valence-corrected chi connectivity index (χ2v) is 6.96. The summed E-state index contributed by atoms with van der Waals surface area (Å²) in [5.41, 5.74) is 0.649. The van der Waals surface area contributed by atoms with Gasteiger partial charge in [-0.25, -0.2) is 0 Å². The third kappa shape index (κ3) is 4.61. The Labute approximate surface area is 133 Å². The van der Waals surface area contributed by atoms with Crippen molar-refractivity contribution in [2.24, 2.45) is 5.41 Å². The van der Waals surface area contributed by atoms with E-state index in [0.29, 0.717) is 25.2 Å². The smallest absolute Gasteiger partial charge is 0.191 e. The van der Waals surface area contributed by atoms with Crippen LogP contribution in [0.25, 0.3) is 0 Å². The van der Waals surface area contributed by atoms with Crippen LogP contribution in [-0.2, 0) is 14.2 Å². The molecule has 2 rings (SSSR count). The fraction of sp³-hybridized carbons (Fsp3) is 0.562. The molecule has 0 bridgehead atoms. The Balaban J connectivity index is 1.96. The molecule has 1 saturated heterocycles. The first kappa shape index (κ1) is 16.6. The van der Waals surface area contributed by atoms with Crippen LogP contribution in [0.4, 0.5) is 0 Å². The van der Waals surface area contributed by atoms with Crippen molar-refractivity contribution >= 4 is 21.7 Å². The summed E-state index contributed by atoms with van der Waals surface area (Å²) in [6.45, 7) is 5.43. The molecule has 5 heteroatoms. The quantitative estimate of drug-likeness (QED) is 0.758. The number of hydrogen-bond donors (Lipinski definition) is 0. The summed E-state index contributed by atoms with van der Waals surface area (Å²) in [4.78, 5) is 12.4. The fourth-order valence-corrected chi connectivity index (χ4v) is 2.41. The number of Topliss-reactive ketones (excluding diaryl/α,β-unsaturated/α-hetero) is 1. The zero-order valence-electron chi connectivity index (χ0n) is 12.6.